The number of halogens is 1. The number of fused-ring (bicyclic) bond motifs is 2. The van der Waals surface area contributed by atoms with Gasteiger partial charge in [-0.3, -0.25) is 9.59 Å². The van der Waals surface area contributed by atoms with Gasteiger partial charge in [-0.15, -0.1) is 0 Å². The minimum Gasteiger partial charge on any atom is -0.450 e. The average molecular weight is 430 g/mol. The van der Waals surface area contributed by atoms with E-state index in [-0.39, 0.29) is 23.6 Å². The third-order valence-corrected chi connectivity index (χ3v) is 6.18. The van der Waals surface area contributed by atoms with E-state index in [4.69, 9.17) is 16.0 Å². The molecule has 1 aliphatic rings. The van der Waals surface area contributed by atoms with Crippen LogP contribution in [0.2, 0.25) is 5.02 Å². The van der Waals surface area contributed by atoms with Gasteiger partial charge in [0.15, 0.2) is 5.43 Å². The van der Waals surface area contributed by atoms with Crippen molar-refractivity contribution >= 4 is 28.5 Å². The third kappa shape index (κ3) is 3.15. The second-order valence-corrected chi connectivity index (χ2v) is 8.38. The zero-order chi connectivity index (χ0) is 21.7. The van der Waals surface area contributed by atoms with Crippen LogP contribution in [-0.4, -0.2) is 10.8 Å². The molecule has 0 spiro atoms. The molecule has 5 rings (SSSR count). The number of carbonyl (C=O) groups is 1. The second kappa shape index (κ2) is 7.40. The van der Waals surface area contributed by atoms with Crippen molar-refractivity contribution in [1.82, 2.24) is 4.90 Å². The van der Waals surface area contributed by atoms with E-state index in [0.29, 0.717) is 21.6 Å². The van der Waals surface area contributed by atoms with Gasteiger partial charge in [-0.2, -0.15) is 0 Å². The van der Waals surface area contributed by atoms with Gasteiger partial charge >= 0.3 is 0 Å². The van der Waals surface area contributed by atoms with Crippen molar-refractivity contribution in [3.63, 3.8) is 0 Å². The number of hydrogen-bond acceptors (Lipinski definition) is 3. The highest BCUT2D eigenvalue weighted by molar-refractivity contribution is 6.31. The van der Waals surface area contributed by atoms with Gasteiger partial charge in [0.2, 0.25) is 5.76 Å². The zero-order valence-electron chi connectivity index (χ0n) is 17.2. The first-order chi connectivity index (χ1) is 15.0. The Kier molecular flexibility index (Phi) is 4.67. The van der Waals surface area contributed by atoms with Crippen molar-refractivity contribution in [3.05, 3.63) is 116 Å². The van der Waals surface area contributed by atoms with Gasteiger partial charge in [-0.1, -0.05) is 66.2 Å². The van der Waals surface area contributed by atoms with Crippen LogP contribution < -0.4 is 5.43 Å². The fourth-order valence-electron chi connectivity index (χ4n) is 4.43. The van der Waals surface area contributed by atoms with E-state index in [1.54, 1.807) is 11.0 Å². The van der Waals surface area contributed by atoms with Gasteiger partial charge in [-0.05, 0) is 48.2 Å². The SMILES string of the molecule is Cc1cc(C)c2oc3c(c(=O)c2c1)C(c1ccccc1)N(Cc1ccccc1Cl)C3=O. The molecule has 1 unspecified atom stereocenters. The number of nitrogens with zero attached hydrogens (tertiary/aromatic N) is 1. The van der Waals surface area contributed by atoms with Crippen molar-refractivity contribution < 1.29 is 9.21 Å². The summed E-state index contributed by atoms with van der Waals surface area (Å²) in [5.41, 5.74) is 4.18. The lowest BCUT2D eigenvalue weighted by Crippen LogP contribution is -2.29. The maximum absolute atomic E-state index is 13.7. The van der Waals surface area contributed by atoms with Gasteiger partial charge in [0.1, 0.15) is 5.58 Å². The molecule has 4 nitrogen and oxygen atoms in total. The molecule has 3 aromatic carbocycles. The molecule has 0 radical (unpaired) electrons. The molecule has 1 amide bonds. The Labute approximate surface area is 184 Å². The van der Waals surface area contributed by atoms with Crippen LogP contribution in [0.15, 0.2) is 75.9 Å². The van der Waals surface area contributed by atoms with Gasteiger partial charge in [-0.25, -0.2) is 0 Å². The van der Waals surface area contributed by atoms with Crippen molar-refractivity contribution in [2.24, 2.45) is 0 Å². The normalized spacial score (nSPS) is 15.5. The quantitative estimate of drug-likeness (QED) is 0.413. The smallest absolute Gasteiger partial charge is 0.291 e. The van der Waals surface area contributed by atoms with E-state index in [9.17, 15) is 9.59 Å². The molecule has 31 heavy (non-hydrogen) atoms. The monoisotopic (exact) mass is 429 g/mol. The Hall–Kier alpha value is -3.37. The fourth-order valence-corrected chi connectivity index (χ4v) is 4.63. The summed E-state index contributed by atoms with van der Waals surface area (Å²) in [5, 5.41) is 1.08. The molecule has 5 heteroatoms. The Balaban J connectivity index is 1.76. The number of hydrogen-bond donors (Lipinski definition) is 0. The van der Waals surface area contributed by atoms with E-state index in [2.05, 4.69) is 0 Å². The van der Waals surface area contributed by atoms with E-state index < -0.39 is 6.04 Å². The summed E-state index contributed by atoms with van der Waals surface area (Å²) in [4.78, 5) is 28.8. The van der Waals surface area contributed by atoms with E-state index >= 15 is 0 Å². The molecule has 2 heterocycles. The summed E-state index contributed by atoms with van der Waals surface area (Å²) in [6, 6.07) is 20.2. The molecule has 4 aromatic rings. The number of benzene rings is 3. The van der Waals surface area contributed by atoms with Crippen LogP contribution in [0, 0.1) is 13.8 Å². The summed E-state index contributed by atoms with van der Waals surface area (Å²) >= 11 is 6.39. The number of aryl methyl sites for hydroxylation is 2. The first-order valence-electron chi connectivity index (χ1n) is 10.1. The van der Waals surface area contributed by atoms with Crippen LogP contribution in [0.5, 0.6) is 0 Å². The maximum atomic E-state index is 13.7. The summed E-state index contributed by atoms with van der Waals surface area (Å²) in [6.07, 6.45) is 0. The molecule has 0 saturated carbocycles. The number of amides is 1. The summed E-state index contributed by atoms with van der Waals surface area (Å²) in [7, 11) is 0. The maximum Gasteiger partial charge on any atom is 0.291 e. The summed E-state index contributed by atoms with van der Waals surface area (Å²) < 4.78 is 6.11. The zero-order valence-corrected chi connectivity index (χ0v) is 17.9. The molecule has 0 N–H and O–H groups in total. The van der Waals surface area contributed by atoms with Crippen LogP contribution in [-0.2, 0) is 6.54 Å². The molecule has 1 atom stereocenters. The third-order valence-electron chi connectivity index (χ3n) is 5.81. The minimum absolute atomic E-state index is 0.116. The highest BCUT2D eigenvalue weighted by atomic mass is 35.5. The summed E-state index contributed by atoms with van der Waals surface area (Å²) in [5.74, 6) is -0.187. The van der Waals surface area contributed by atoms with E-state index in [1.807, 2.05) is 74.5 Å². The first kappa shape index (κ1) is 19.6. The van der Waals surface area contributed by atoms with E-state index in [0.717, 1.165) is 22.3 Å². The van der Waals surface area contributed by atoms with Crippen LogP contribution in [0.4, 0.5) is 0 Å². The second-order valence-electron chi connectivity index (χ2n) is 7.97. The van der Waals surface area contributed by atoms with Gasteiger partial charge < -0.3 is 9.32 Å². The largest absolute Gasteiger partial charge is 0.450 e. The molecular formula is C26H20ClNO3. The molecule has 0 bridgehead atoms. The molecule has 0 aliphatic carbocycles. The molecule has 1 aromatic heterocycles. The predicted molar refractivity (Wildman–Crippen MR) is 122 cm³/mol. The highest BCUT2D eigenvalue weighted by Crippen LogP contribution is 2.40. The first-order valence-corrected chi connectivity index (χ1v) is 10.5. The lowest BCUT2D eigenvalue weighted by molar-refractivity contribution is 0.0714. The van der Waals surface area contributed by atoms with Crippen LogP contribution in [0.25, 0.3) is 11.0 Å². The minimum atomic E-state index is -0.540. The Morgan fingerprint density at radius 3 is 2.42 bits per heavy atom. The Morgan fingerprint density at radius 2 is 1.68 bits per heavy atom. The van der Waals surface area contributed by atoms with Crippen molar-refractivity contribution in [2.75, 3.05) is 0 Å². The van der Waals surface area contributed by atoms with Gasteiger partial charge in [0.05, 0.1) is 17.0 Å². The Morgan fingerprint density at radius 1 is 0.968 bits per heavy atom. The number of rotatable bonds is 3. The molecular weight excluding hydrogens is 410 g/mol. The van der Waals surface area contributed by atoms with Crippen LogP contribution in [0.1, 0.15) is 44.4 Å². The van der Waals surface area contributed by atoms with E-state index in [1.165, 1.54) is 0 Å². The Bertz CT molecular complexity index is 1390. The highest BCUT2D eigenvalue weighted by Gasteiger charge is 2.42. The predicted octanol–water partition coefficient (Wildman–Crippen LogP) is 5.81. The fraction of sp³-hybridized carbons (Fsp3) is 0.154. The lowest BCUT2D eigenvalue weighted by atomic mass is 9.97. The average Bonchev–Trinajstić information content (AvgIpc) is 3.03. The van der Waals surface area contributed by atoms with Gasteiger partial charge in [0.25, 0.3) is 5.91 Å². The molecule has 0 saturated heterocycles. The summed E-state index contributed by atoms with van der Waals surface area (Å²) in [6.45, 7) is 4.11. The van der Waals surface area contributed by atoms with Crippen LogP contribution >= 0.6 is 11.6 Å². The van der Waals surface area contributed by atoms with Crippen molar-refractivity contribution in [1.29, 1.82) is 0 Å². The molecule has 154 valence electrons. The van der Waals surface area contributed by atoms with Crippen molar-refractivity contribution in [3.8, 4) is 0 Å². The number of carbonyl (C=O) groups excluding carboxylic acids is 1. The lowest BCUT2D eigenvalue weighted by Gasteiger charge is -2.25. The topological polar surface area (TPSA) is 50.5 Å². The molecule has 1 aliphatic heterocycles. The molecule has 0 fully saturated rings. The standard InChI is InChI=1S/C26H20ClNO3/c1-15-12-16(2)24-19(13-15)23(29)21-22(17-8-4-3-5-9-17)28(26(30)25(21)31-24)14-18-10-6-7-11-20(18)27/h3-13,22H,14H2,1-2H3. The van der Waals surface area contributed by atoms with Crippen LogP contribution in [0.3, 0.4) is 0 Å². The van der Waals surface area contributed by atoms with Gasteiger partial charge in [0, 0.05) is 11.6 Å². The van der Waals surface area contributed by atoms with Crippen molar-refractivity contribution in [2.45, 2.75) is 26.4 Å².